The number of aryl methyl sites for hydroxylation is 1. The van der Waals surface area contributed by atoms with Crippen LogP contribution in [0.15, 0.2) is 17.3 Å². The molecule has 10 heteroatoms. The van der Waals surface area contributed by atoms with Crippen LogP contribution in [0.3, 0.4) is 0 Å². The fourth-order valence-corrected chi connectivity index (χ4v) is 3.06. The number of imidazole rings is 1. The van der Waals surface area contributed by atoms with E-state index in [1.54, 1.807) is 11.5 Å². The van der Waals surface area contributed by atoms with Crippen LogP contribution < -0.4 is 14.2 Å². The van der Waals surface area contributed by atoms with Crippen LogP contribution in [0, 0.1) is 6.92 Å². The van der Waals surface area contributed by atoms with Crippen molar-refractivity contribution in [3.05, 3.63) is 18.1 Å². The van der Waals surface area contributed by atoms with Crippen molar-refractivity contribution in [1.29, 1.82) is 0 Å². The Balaban J connectivity index is 2.40. The third kappa shape index (κ3) is 3.11. The molecule has 0 saturated heterocycles. The second-order valence-electron chi connectivity index (χ2n) is 4.27. The molecule has 2 aromatic rings. The molecule has 0 amide bonds. The minimum Gasteiger partial charge on any atom is -0.481 e. The van der Waals surface area contributed by atoms with E-state index in [9.17, 15) is 8.42 Å². The van der Waals surface area contributed by atoms with E-state index in [1.807, 2.05) is 6.92 Å². The van der Waals surface area contributed by atoms with Crippen LogP contribution in [0.2, 0.25) is 0 Å². The van der Waals surface area contributed by atoms with Gasteiger partial charge in [-0.15, -0.1) is 0 Å². The molecule has 1 N–H and O–H groups in total. The van der Waals surface area contributed by atoms with E-state index in [1.165, 1.54) is 26.5 Å². The summed E-state index contributed by atoms with van der Waals surface area (Å²) < 4.78 is 38.8. The number of methoxy groups -OCH3 is 2. The highest BCUT2D eigenvalue weighted by molar-refractivity contribution is 7.92. The van der Waals surface area contributed by atoms with Gasteiger partial charge < -0.3 is 14.0 Å². The topological polar surface area (TPSA) is 108 Å². The number of hydrogen-bond donors (Lipinski definition) is 1. The summed E-state index contributed by atoms with van der Waals surface area (Å²) in [4.78, 5) is 11.9. The normalized spacial score (nSPS) is 11.3. The maximum absolute atomic E-state index is 12.5. The Morgan fingerprint density at radius 2 is 1.82 bits per heavy atom. The highest BCUT2D eigenvalue weighted by Gasteiger charge is 2.22. The Morgan fingerprint density at radius 1 is 1.23 bits per heavy atom. The predicted molar refractivity (Wildman–Crippen MR) is 78.6 cm³/mol. The lowest BCUT2D eigenvalue weighted by molar-refractivity contribution is 0.373. The van der Waals surface area contributed by atoms with E-state index in [4.69, 9.17) is 9.47 Å². The molecule has 0 bridgehead atoms. The Morgan fingerprint density at radius 3 is 2.32 bits per heavy atom. The van der Waals surface area contributed by atoms with Crippen molar-refractivity contribution in [1.82, 2.24) is 19.5 Å². The van der Waals surface area contributed by atoms with Gasteiger partial charge in [0.25, 0.3) is 10.0 Å². The van der Waals surface area contributed by atoms with Gasteiger partial charge >= 0.3 is 0 Å². The van der Waals surface area contributed by atoms with Crippen LogP contribution in [0.1, 0.15) is 12.7 Å². The van der Waals surface area contributed by atoms with E-state index >= 15 is 0 Å². The molecular weight excluding hydrogens is 310 g/mol. The molecule has 0 aliphatic rings. The van der Waals surface area contributed by atoms with E-state index in [2.05, 4.69) is 19.7 Å². The Kier molecular flexibility index (Phi) is 4.50. The van der Waals surface area contributed by atoms with Gasteiger partial charge in [0.05, 0.1) is 26.5 Å². The lowest BCUT2D eigenvalue weighted by Crippen LogP contribution is -2.19. The molecule has 0 aromatic carbocycles. The Labute approximate surface area is 128 Å². The molecule has 22 heavy (non-hydrogen) atoms. The molecule has 0 fully saturated rings. The first-order chi connectivity index (χ1) is 10.4. The van der Waals surface area contributed by atoms with Gasteiger partial charge in [-0.25, -0.2) is 9.71 Å². The van der Waals surface area contributed by atoms with Crippen LogP contribution >= 0.6 is 0 Å². The number of aromatic nitrogens is 4. The monoisotopic (exact) mass is 327 g/mol. The number of anilines is 1. The van der Waals surface area contributed by atoms with Crippen molar-refractivity contribution in [3.63, 3.8) is 0 Å². The van der Waals surface area contributed by atoms with Gasteiger partial charge in [0.1, 0.15) is 5.82 Å². The lowest BCUT2D eigenvalue weighted by atomic mass is 10.6. The van der Waals surface area contributed by atoms with Gasteiger partial charge in [0, 0.05) is 6.54 Å². The number of nitrogens with zero attached hydrogens (tertiary/aromatic N) is 4. The highest BCUT2D eigenvalue weighted by Crippen LogP contribution is 2.20. The van der Waals surface area contributed by atoms with Crippen LogP contribution in [-0.2, 0) is 16.6 Å². The predicted octanol–water partition coefficient (Wildman–Crippen LogP) is 0.819. The van der Waals surface area contributed by atoms with Gasteiger partial charge in [0.15, 0.2) is 5.03 Å². The molecule has 0 spiro atoms. The van der Waals surface area contributed by atoms with Gasteiger partial charge in [-0.05, 0) is 13.8 Å². The minimum atomic E-state index is -3.87. The van der Waals surface area contributed by atoms with E-state index in [0.717, 1.165) is 0 Å². The van der Waals surface area contributed by atoms with E-state index < -0.39 is 10.0 Å². The number of ether oxygens (including phenoxy) is 2. The first-order valence-corrected chi connectivity index (χ1v) is 7.91. The average Bonchev–Trinajstić information content (AvgIpc) is 2.88. The van der Waals surface area contributed by atoms with Crippen molar-refractivity contribution in [2.75, 3.05) is 18.9 Å². The zero-order valence-corrected chi connectivity index (χ0v) is 13.5. The largest absolute Gasteiger partial charge is 0.481 e. The van der Waals surface area contributed by atoms with Gasteiger partial charge in [0.2, 0.25) is 17.7 Å². The zero-order chi connectivity index (χ0) is 16.3. The molecule has 0 aliphatic carbocycles. The van der Waals surface area contributed by atoms with Crippen molar-refractivity contribution in [2.45, 2.75) is 25.4 Å². The molecule has 0 radical (unpaired) electrons. The number of hydrogen-bond acceptors (Lipinski definition) is 7. The molecule has 0 saturated carbocycles. The van der Waals surface area contributed by atoms with Crippen LogP contribution in [0.4, 0.5) is 5.95 Å². The molecule has 0 aliphatic heterocycles. The highest BCUT2D eigenvalue weighted by atomic mass is 32.2. The summed E-state index contributed by atoms with van der Waals surface area (Å²) in [5.74, 6) is 0.833. The van der Waals surface area contributed by atoms with Crippen LogP contribution in [0.25, 0.3) is 0 Å². The molecule has 2 rings (SSSR count). The summed E-state index contributed by atoms with van der Waals surface area (Å²) in [6, 6.07) is 1.44. The first-order valence-electron chi connectivity index (χ1n) is 6.43. The van der Waals surface area contributed by atoms with Gasteiger partial charge in [-0.1, -0.05) is 0 Å². The SMILES string of the molecule is CCn1c(S(=O)(=O)Nc2nc(OC)cc(OC)n2)cnc1C. The second kappa shape index (κ2) is 6.18. The summed E-state index contributed by atoms with van der Waals surface area (Å²) >= 11 is 0. The quantitative estimate of drug-likeness (QED) is 0.836. The fourth-order valence-electron chi connectivity index (χ4n) is 1.88. The van der Waals surface area contributed by atoms with Crippen molar-refractivity contribution in [2.24, 2.45) is 0 Å². The van der Waals surface area contributed by atoms with Crippen molar-refractivity contribution in [3.8, 4) is 11.8 Å². The van der Waals surface area contributed by atoms with Crippen molar-refractivity contribution >= 4 is 16.0 Å². The fraction of sp³-hybridized carbons (Fsp3) is 0.417. The third-order valence-corrected chi connectivity index (χ3v) is 4.26. The number of sulfonamides is 1. The number of nitrogens with one attached hydrogen (secondary N) is 1. The smallest absolute Gasteiger partial charge is 0.281 e. The van der Waals surface area contributed by atoms with Crippen LogP contribution in [-0.4, -0.2) is 42.2 Å². The average molecular weight is 327 g/mol. The summed E-state index contributed by atoms with van der Waals surface area (Å²) in [5, 5.41) is 0.0397. The summed E-state index contributed by atoms with van der Waals surface area (Å²) in [6.07, 6.45) is 1.29. The first kappa shape index (κ1) is 16.0. The minimum absolute atomic E-state index is 0.0397. The molecular formula is C12H17N5O4S. The summed E-state index contributed by atoms with van der Waals surface area (Å²) in [6.45, 7) is 4.04. The molecule has 0 unspecified atom stereocenters. The Hall–Kier alpha value is -2.36. The van der Waals surface area contributed by atoms with E-state index in [-0.39, 0.29) is 22.7 Å². The number of rotatable bonds is 6. The summed E-state index contributed by atoms with van der Waals surface area (Å²) in [5.41, 5.74) is 0. The molecule has 9 nitrogen and oxygen atoms in total. The molecule has 2 aromatic heterocycles. The van der Waals surface area contributed by atoms with Gasteiger partial charge in [-0.3, -0.25) is 0 Å². The van der Waals surface area contributed by atoms with Crippen LogP contribution in [0.5, 0.6) is 11.8 Å². The molecule has 2 heterocycles. The van der Waals surface area contributed by atoms with Gasteiger partial charge in [-0.2, -0.15) is 18.4 Å². The maximum Gasteiger partial charge on any atom is 0.281 e. The summed E-state index contributed by atoms with van der Waals surface area (Å²) in [7, 11) is -1.05. The standard InChI is InChI=1S/C12H17N5O4S/c1-5-17-8(2)13-7-11(17)22(18,19)16-12-14-9(20-3)6-10(15-12)21-4/h6-7H,5H2,1-4H3,(H,14,15,16). The molecule has 0 atom stereocenters. The zero-order valence-electron chi connectivity index (χ0n) is 12.7. The maximum atomic E-state index is 12.5. The van der Waals surface area contributed by atoms with Crippen molar-refractivity contribution < 1.29 is 17.9 Å². The lowest BCUT2D eigenvalue weighted by Gasteiger charge is -2.11. The molecule has 120 valence electrons. The second-order valence-corrected chi connectivity index (χ2v) is 5.90. The van der Waals surface area contributed by atoms with E-state index in [0.29, 0.717) is 12.4 Å². The Bertz CT molecular complexity index is 750. The third-order valence-electron chi connectivity index (χ3n) is 2.93.